The fourth-order valence-electron chi connectivity index (χ4n) is 1.69. The van der Waals surface area contributed by atoms with Gasteiger partial charge in [-0.15, -0.1) is 24.0 Å². The first-order chi connectivity index (χ1) is 8.67. The Labute approximate surface area is 133 Å². The summed E-state index contributed by atoms with van der Waals surface area (Å²) in [7, 11) is 1.42. The average molecular weight is 383 g/mol. The van der Waals surface area contributed by atoms with Crippen molar-refractivity contribution in [2.45, 2.75) is 45.6 Å². The fraction of sp³-hybridized carbons (Fsp3) is 0.846. The van der Waals surface area contributed by atoms with Gasteiger partial charge in [-0.1, -0.05) is 6.92 Å². The van der Waals surface area contributed by atoms with Gasteiger partial charge in [-0.3, -0.25) is 9.79 Å². The Morgan fingerprint density at radius 3 is 2.63 bits per heavy atom. The van der Waals surface area contributed by atoms with Crippen LogP contribution in [0.2, 0.25) is 0 Å². The van der Waals surface area contributed by atoms with Crippen LogP contribution in [0.5, 0.6) is 0 Å². The number of unbranched alkanes of at least 4 members (excludes halogenated alkanes) is 1. The summed E-state index contributed by atoms with van der Waals surface area (Å²) < 4.78 is 4.59. The third-order valence-corrected chi connectivity index (χ3v) is 3.06. The van der Waals surface area contributed by atoms with Gasteiger partial charge in [0.1, 0.15) is 0 Å². The average Bonchev–Trinajstić information content (AvgIpc) is 3.04. The second kappa shape index (κ2) is 10.3. The molecule has 6 heteroatoms. The van der Waals surface area contributed by atoms with Crippen molar-refractivity contribution in [3.63, 3.8) is 0 Å². The maximum Gasteiger partial charge on any atom is 0.305 e. The van der Waals surface area contributed by atoms with E-state index >= 15 is 0 Å². The van der Waals surface area contributed by atoms with Crippen LogP contribution in [0.25, 0.3) is 0 Å². The van der Waals surface area contributed by atoms with Gasteiger partial charge in [-0.05, 0) is 32.1 Å². The standard InChI is InChI=1S/C13H25N3O2.HI/c1-4-14-13(16-11-9-10(11)2)15-8-6-5-7-12(17)18-3;/h10-11H,4-9H2,1-3H3,(H2,14,15,16);1H. The number of nitrogens with zero attached hydrogens (tertiary/aromatic N) is 1. The molecule has 0 aromatic carbocycles. The molecule has 112 valence electrons. The van der Waals surface area contributed by atoms with Crippen molar-refractivity contribution in [2.24, 2.45) is 10.9 Å². The zero-order valence-corrected chi connectivity index (χ0v) is 14.4. The zero-order chi connectivity index (χ0) is 13.4. The Hall–Kier alpha value is -0.530. The minimum atomic E-state index is -0.143. The van der Waals surface area contributed by atoms with Gasteiger partial charge < -0.3 is 15.4 Å². The van der Waals surface area contributed by atoms with Gasteiger partial charge in [0.05, 0.1) is 7.11 Å². The normalized spacial score (nSPS) is 21.3. The van der Waals surface area contributed by atoms with Crippen LogP contribution in [-0.2, 0) is 9.53 Å². The minimum Gasteiger partial charge on any atom is -0.469 e. The van der Waals surface area contributed by atoms with Crippen molar-refractivity contribution >= 4 is 35.9 Å². The zero-order valence-electron chi connectivity index (χ0n) is 12.1. The number of carbonyl (C=O) groups is 1. The highest BCUT2D eigenvalue weighted by Gasteiger charge is 2.33. The number of nitrogens with one attached hydrogen (secondary N) is 2. The fourth-order valence-corrected chi connectivity index (χ4v) is 1.69. The highest BCUT2D eigenvalue weighted by atomic mass is 127. The molecule has 19 heavy (non-hydrogen) atoms. The molecule has 0 bridgehead atoms. The number of ether oxygens (including phenoxy) is 1. The molecule has 0 aliphatic heterocycles. The van der Waals surface area contributed by atoms with Crippen molar-refractivity contribution in [2.75, 3.05) is 20.2 Å². The number of guanidine groups is 1. The molecule has 0 aromatic rings. The number of halogens is 1. The largest absolute Gasteiger partial charge is 0.469 e. The molecule has 0 amide bonds. The Bertz CT molecular complexity index is 298. The molecule has 1 saturated carbocycles. The highest BCUT2D eigenvalue weighted by molar-refractivity contribution is 14.0. The molecule has 2 N–H and O–H groups in total. The lowest BCUT2D eigenvalue weighted by Crippen LogP contribution is -2.39. The molecular weight excluding hydrogens is 357 g/mol. The van der Waals surface area contributed by atoms with Gasteiger partial charge in [0.15, 0.2) is 5.96 Å². The predicted octanol–water partition coefficient (Wildman–Crippen LogP) is 1.91. The highest BCUT2D eigenvalue weighted by Crippen LogP contribution is 2.28. The molecule has 0 spiro atoms. The van der Waals surface area contributed by atoms with E-state index < -0.39 is 0 Å². The first-order valence-electron chi connectivity index (χ1n) is 6.79. The Kier molecular flexibility index (Phi) is 9.99. The molecule has 1 fully saturated rings. The summed E-state index contributed by atoms with van der Waals surface area (Å²) in [5.41, 5.74) is 0. The molecule has 1 aliphatic rings. The summed E-state index contributed by atoms with van der Waals surface area (Å²) in [6.45, 7) is 5.91. The lowest BCUT2D eigenvalue weighted by atomic mass is 10.2. The maximum atomic E-state index is 10.9. The molecular formula is C13H26IN3O2. The van der Waals surface area contributed by atoms with Crippen molar-refractivity contribution in [3.05, 3.63) is 0 Å². The van der Waals surface area contributed by atoms with Gasteiger partial charge in [-0.2, -0.15) is 0 Å². The van der Waals surface area contributed by atoms with Crippen molar-refractivity contribution in [1.29, 1.82) is 0 Å². The summed E-state index contributed by atoms with van der Waals surface area (Å²) in [4.78, 5) is 15.4. The van der Waals surface area contributed by atoms with Crippen LogP contribution in [0, 0.1) is 5.92 Å². The van der Waals surface area contributed by atoms with E-state index in [2.05, 4.69) is 34.2 Å². The van der Waals surface area contributed by atoms with Crippen LogP contribution in [0.4, 0.5) is 0 Å². The van der Waals surface area contributed by atoms with E-state index in [0.717, 1.165) is 37.8 Å². The number of esters is 1. The van der Waals surface area contributed by atoms with Gasteiger partial charge in [0.25, 0.3) is 0 Å². The second-order valence-electron chi connectivity index (χ2n) is 4.76. The van der Waals surface area contributed by atoms with Gasteiger partial charge in [0.2, 0.25) is 0 Å². The number of hydrogen-bond acceptors (Lipinski definition) is 3. The van der Waals surface area contributed by atoms with Crippen LogP contribution in [0.1, 0.15) is 39.5 Å². The topological polar surface area (TPSA) is 62.7 Å². The van der Waals surface area contributed by atoms with Crippen LogP contribution in [-0.4, -0.2) is 38.2 Å². The van der Waals surface area contributed by atoms with Crippen molar-refractivity contribution in [1.82, 2.24) is 10.6 Å². The molecule has 5 nitrogen and oxygen atoms in total. The van der Waals surface area contributed by atoms with Crippen LogP contribution in [0.15, 0.2) is 4.99 Å². The third kappa shape index (κ3) is 8.28. The smallest absolute Gasteiger partial charge is 0.305 e. The molecule has 0 heterocycles. The van der Waals surface area contributed by atoms with Gasteiger partial charge in [-0.25, -0.2) is 0 Å². The molecule has 2 atom stereocenters. The summed E-state index contributed by atoms with van der Waals surface area (Å²) in [5.74, 6) is 1.51. The molecule has 0 saturated heterocycles. The number of methoxy groups -OCH3 is 1. The summed E-state index contributed by atoms with van der Waals surface area (Å²) >= 11 is 0. The van der Waals surface area contributed by atoms with E-state index in [9.17, 15) is 4.79 Å². The SMILES string of the molecule is CCNC(=NCCCCC(=O)OC)NC1CC1C.I. The molecule has 0 radical (unpaired) electrons. The summed E-state index contributed by atoms with van der Waals surface area (Å²) in [5, 5.41) is 6.63. The minimum absolute atomic E-state index is 0. The van der Waals surface area contributed by atoms with E-state index in [1.54, 1.807) is 0 Å². The maximum absolute atomic E-state index is 10.9. The van der Waals surface area contributed by atoms with Crippen LogP contribution < -0.4 is 10.6 Å². The predicted molar refractivity (Wildman–Crippen MR) is 88.0 cm³/mol. The third-order valence-electron chi connectivity index (χ3n) is 3.06. The van der Waals surface area contributed by atoms with Crippen LogP contribution >= 0.6 is 24.0 Å². The molecule has 1 rings (SSSR count). The van der Waals surface area contributed by atoms with E-state index in [0.29, 0.717) is 12.5 Å². The Morgan fingerprint density at radius 2 is 2.11 bits per heavy atom. The second-order valence-corrected chi connectivity index (χ2v) is 4.76. The van der Waals surface area contributed by atoms with Crippen molar-refractivity contribution in [3.8, 4) is 0 Å². The Morgan fingerprint density at radius 1 is 1.42 bits per heavy atom. The number of aliphatic imine (C=N–C) groups is 1. The number of rotatable bonds is 7. The van der Waals surface area contributed by atoms with Crippen LogP contribution in [0.3, 0.4) is 0 Å². The summed E-state index contributed by atoms with van der Waals surface area (Å²) in [6.07, 6.45) is 3.45. The summed E-state index contributed by atoms with van der Waals surface area (Å²) in [6, 6.07) is 0.581. The van der Waals surface area contributed by atoms with Gasteiger partial charge in [0, 0.05) is 25.6 Å². The van der Waals surface area contributed by atoms with E-state index in [-0.39, 0.29) is 29.9 Å². The van der Waals surface area contributed by atoms with E-state index in [4.69, 9.17) is 0 Å². The molecule has 0 aromatic heterocycles. The molecule has 1 aliphatic carbocycles. The monoisotopic (exact) mass is 383 g/mol. The number of hydrogen-bond donors (Lipinski definition) is 2. The van der Waals surface area contributed by atoms with Crippen molar-refractivity contribution < 1.29 is 9.53 Å². The molecule has 2 unspecified atom stereocenters. The van der Waals surface area contributed by atoms with E-state index in [1.807, 2.05) is 0 Å². The first kappa shape index (κ1) is 18.5. The van der Waals surface area contributed by atoms with Gasteiger partial charge >= 0.3 is 5.97 Å². The van der Waals surface area contributed by atoms with E-state index in [1.165, 1.54) is 13.5 Å². The lowest BCUT2D eigenvalue weighted by Gasteiger charge is -2.10. The quantitative estimate of drug-likeness (QED) is 0.232. The Balaban J connectivity index is 0.00000324. The lowest BCUT2D eigenvalue weighted by molar-refractivity contribution is -0.140. The first-order valence-corrected chi connectivity index (χ1v) is 6.79. The number of carbonyl (C=O) groups excluding carboxylic acids is 1.